The van der Waals surface area contributed by atoms with Crippen molar-refractivity contribution in [2.75, 3.05) is 39.4 Å². The van der Waals surface area contributed by atoms with Gasteiger partial charge in [-0.2, -0.15) is 0 Å². The Morgan fingerprint density at radius 2 is 2.15 bits per heavy atom. The molecule has 1 fully saturated rings. The molecule has 2 rings (SSSR count). The quantitative estimate of drug-likeness (QED) is 0.831. The number of hydrogen-bond donors (Lipinski definition) is 1. The minimum atomic E-state index is -0.516. The molecular weight excluding hydrogens is 327 g/mol. The van der Waals surface area contributed by atoms with E-state index in [-0.39, 0.29) is 11.5 Å². The van der Waals surface area contributed by atoms with Gasteiger partial charge in [-0.1, -0.05) is 6.07 Å². The van der Waals surface area contributed by atoms with Gasteiger partial charge in [-0.25, -0.2) is 4.39 Å². The molecule has 1 aromatic rings. The second kappa shape index (κ2) is 7.71. The average molecular weight is 345 g/mol. The molecule has 6 heteroatoms. The van der Waals surface area contributed by atoms with Gasteiger partial charge in [-0.15, -0.1) is 0 Å². The number of ether oxygens (including phenoxy) is 1. The molecule has 110 valence electrons. The predicted octanol–water partition coefficient (Wildman–Crippen LogP) is 2.04. The van der Waals surface area contributed by atoms with Crippen molar-refractivity contribution in [3.05, 3.63) is 34.1 Å². The third-order valence-corrected chi connectivity index (χ3v) is 3.85. The van der Waals surface area contributed by atoms with Crippen LogP contribution in [0.4, 0.5) is 4.39 Å². The maximum Gasteiger partial charge on any atom is 0.254 e. The lowest BCUT2D eigenvalue weighted by molar-refractivity contribution is 0.0374. The molecule has 4 nitrogen and oxygen atoms in total. The van der Waals surface area contributed by atoms with Gasteiger partial charge in [0, 0.05) is 19.6 Å². The molecule has 0 radical (unpaired) electrons. The van der Waals surface area contributed by atoms with E-state index in [1.54, 1.807) is 12.1 Å². The van der Waals surface area contributed by atoms with Crippen LogP contribution in [0.3, 0.4) is 0 Å². The molecule has 1 heterocycles. The number of amides is 1. The van der Waals surface area contributed by atoms with E-state index in [1.807, 2.05) is 0 Å². The summed E-state index contributed by atoms with van der Waals surface area (Å²) in [5.41, 5.74) is 0.0748. The van der Waals surface area contributed by atoms with Crippen molar-refractivity contribution in [3.8, 4) is 0 Å². The minimum absolute atomic E-state index is 0.0748. The van der Waals surface area contributed by atoms with Crippen LogP contribution < -0.4 is 5.32 Å². The van der Waals surface area contributed by atoms with Crippen molar-refractivity contribution in [1.82, 2.24) is 10.2 Å². The normalized spacial score (nSPS) is 16.1. The number of benzene rings is 1. The molecular formula is C14H18BrFN2O2. The zero-order valence-electron chi connectivity index (χ0n) is 11.2. The summed E-state index contributed by atoms with van der Waals surface area (Å²) in [4.78, 5) is 14.2. The summed E-state index contributed by atoms with van der Waals surface area (Å²) in [6.45, 7) is 4.89. The molecule has 0 bridgehead atoms. The molecule has 1 N–H and O–H groups in total. The summed E-state index contributed by atoms with van der Waals surface area (Å²) in [7, 11) is 0. The van der Waals surface area contributed by atoms with Crippen LogP contribution in [0.5, 0.6) is 0 Å². The van der Waals surface area contributed by atoms with Crippen molar-refractivity contribution in [2.24, 2.45) is 0 Å². The number of carbonyl (C=O) groups is 1. The number of halogens is 2. The molecule has 0 atom stereocenters. The van der Waals surface area contributed by atoms with Crippen LogP contribution in [0.25, 0.3) is 0 Å². The van der Waals surface area contributed by atoms with E-state index >= 15 is 0 Å². The van der Waals surface area contributed by atoms with Gasteiger partial charge in [0.15, 0.2) is 0 Å². The van der Waals surface area contributed by atoms with Crippen LogP contribution in [0, 0.1) is 5.82 Å². The van der Waals surface area contributed by atoms with Crippen molar-refractivity contribution in [2.45, 2.75) is 6.42 Å². The van der Waals surface area contributed by atoms with Gasteiger partial charge in [0.1, 0.15) is 5.82 Å². The van der Waals surface area contributed by atoms with E-state index < -0.39 is 5.82 Å². The molecule has 0 spiro atoms. The fraction of sp³-hybridized carbons (Fsp3) is 0.500. The highest BCUT2D eigenvalue weighted by atomic mass is 79.9. The number of nitrogens with one attached hydrogen (secondary N) is 1. The summed E-state index contributed by atoms with van der Waals surface area (Å²) >= 11 is 3.07. The van der Waals surface area contributed by atoms with E-state index in [4.69, 9.17) is 4.74 Å². The Hall–Kier alpha value is -0.980. The van der Waals surface area contributed by atoms with Gasteiger partial charge in [0.25, 0.3) is 5.91 Å². The van der Waals surface area contributed by atoms with Crippen LogP contribution in [-0.2, 0) is 4.74 Å². The minimum Gasteiger partial charge on any atom is -0.379 e. The molecule has 0 aromatic heterocycles. The van der Waals surface area contributed by atoms with Gasteiger partial charge < -0.3 is 10.1 Å². The maximum atomic E-state index is 13.7. The van der Waals surface area contributed by atoms with Crippen LogP contribution in [0.2, 0.25) is 0 Å². The first-order valence-corrected chi connectivity index (χ1v) is 7.50. The van der Waals surface area contributed by atoms with E-state index in [9.17, 15) is 9.18 Å². The number of morpholine rings is 1. The van der Waals surface area contributed by atoms with Crippen molar-refractivity contribution >= 4 is 21.8 Å². The Balaban J connectivity index is 1.73. The van der Waals surface area contributed by atoms with Crippen LogP contribution >= 0.6 is 15.9 Å². The maximum absolute atomic E-state index is 13.7. The lowest BCUT2D eigenvalue weighted by Crippen LogP contribution is -2.38. The largest absolute Gasteiger partial charge is 0.379 e. The van der Waals surface area contributed by atoms with Gasteiger partial charge >= 0.3 is 0 Å². The van der Waals surface area contributed by atoms with E-state index in [0.29, 0.717) is 11.0 Å². The Kier molecular flexibility index (Phi) is 5.94. The zero-order valence-corrected chi connectivity index (χ0v) is 12.8. The molecule has 1 aliphatic rings. The molecule has 1 amide bonds. The molecule has 0 unspecified atom stereocenters. The molecule has 0 saturated carbocycles. The number of carbonyl (C=O) groups excluding carboxylic acids is 1. The van der Waals surface area contributed by atoms with Crippen LogP contribution in [-0.4, -0.2) is 50.2 Å². The van der Waals surface area contributed by atoms with E-state index in [2.05, 4.69) is 26.1 Å². The predicted molar refractivity (Wildman–Crippen MR) is 78.3 cm³/mol. The SMILES string of the molecule is O=C(NCCCN1CCOCC1)c1cccc(Br)c1F. The third-order valence-electron chi connectivity index (χ3n) is 3.24. The Morgan fingerprint density at radius 1 is 1.40 bits per heavy atom. The van der Waals surface area contributed by atoms with Gasteiger partial charge in [-0.05, 0) is 41.0 Å². The second-order valence-corrected chi connectivity index (χ2v) is 5.52. The smallest absolute Gasteiger partial charge is 0.254 e. The van der Waals surface area contributed by atoms with Crippen molar-refractivity contribution in [3.63, 3.8) is 0 Å². The molecule has 1 aliphatic heterocycles. The molecule has 0 aliphatic carbocycles. The Morgan fingerprint density at radius 3 is 2.90 bits per heavy atom. The van der Waals surface area contributed by atoms with Crippen LogP contribution in [0.1, 0.15) is 16.8 Å². The highest BCUT2D eigenvalue weighted by Gasteiger charge is 2.14. The summed E-state index contributed by atoms with van der Waals surface area (Å²) in [5, 5.41) is 2.75. The highest BCUT2D eigenvalue weighted by Crippen LogP contribution is 2.18. The van der Waals surface area contributed by atoms with Crippen molar-refractivity contribution in [1.29, 1.82) is 0 Å². The van der Waals surface area contributed by atoms with Gasteiger partial charge in [0.05, 0.1) is 23.2 Å². The molecule has 1 saturated heterocycles. The van der Waals surface area contributed by atoms with E-state index in [1.165, 1.54) is 6.07 Å². The summed E-state index contributed by atoms with van der Waals surface area (Å²) < 4.78 is 19.3. The summed E-state index contributed by atoms with van der Waals surface area (Å²) in [6, 6.07) is 4.71. The first-order chi connectivity index (χ1) is 9.68. The third kappa shape index (κ3) is 4.26. The van der Waals surface area contributed by atoms with E-state index in [0.717, 1.165) is 39.3 Å². The highest BCUT2D eigenvalue weighted by molar-refractivity contribution is 9.10. The average Bonchev–Trinajstić information content (AvgIpc) is 2.47. The summed E-state index contributed by atoms with van der Waals surface area (Å²) in [6.07, 6.45) is 0.849. The van der Waals surface area contributed by atoms with Gasteiger partial charge in [0.2, 0.25) is 0 Å². The fourth-order valence-electron chi connectivity index (χ4n) is 2.10. The van der Waals surface area contributed by atoms with Crippen LogP contribution in [0.15, 0.2) is 22.7 Å². The fourth-order valence-corrected chi connectivity index (χ4v) is 2.47. The Bertz CT molecular complexity index is 464. The lowest BCUT2D eigenvalue weighted by Gasteiger charge is -2.26. The first-order valence-electron chi connectivity index (χ1n) is 6.71. The number of nitrogens with zero attached hydrogens (tertiary/aromatic N) is 1. The molecule has 20 heavy (non-hydrogen) atoms. The number of rotatable bonds is 5. The second-order valence-electron chi connectivity index (χ2n) is 4.66. The number of hydrogen-bond acceptors (Lipinski definition) is 3. The summed E-state index contributed by atoms with van der Waals surface area (Å²) in [5.74, 6) is -0.885. The topological polar surface area (TPSA) is 41.6 Å². The lowest BCUT2D eigenvalue weighted by atomic mass is 10.2. The van der Waals surface area contributed by atoms with Crippen molar-refractivity contribution < 1.29 is 13.9 Å². The zero-order chi connectivity index (χ0) is 14.4. The van der Waals surface area contributed by atoms with Gasteiger partial charge in [-0.3, -0.25) is 9.69 Å². The Labute approximate surface area is 126 Å². The molecule has 1 aromatic carbocycles. The monoisotopic (exact) mass is 344 g/mol. The first kappa shape index (κ1) is 15.4. The standard InChI is InChI=1S/C14H18BrFN2O2/c15-12-4-1-3-11(13(12)16)14(19)17-5-2-6-18-7-9-20-10-8-18/h1,3-4H,2,5-10H2,(H,17,19).